The minimum atomic E-state index is -1.04. The van der Waals surface area contributed by atoms with Crippen molar-refractivity contribution < 1.29 is 23.7 Å². The fraction of sp³-hybridized carbons (Fsp3) is 0.0714. The topological polar surface area (TPSA) is 132 Å². The largest absolute Gasteiger partial charge is 0.463 e. The molecule has 0 aliphatic carbocycles. The number of H-pyrrole nitrogens is 1. The minimum Gasteiger partial charge on any atom is -0.463 e. The van der Waals surface area contributed by atoms with Crippen molar-refractivity contribution in [3.63, 3.8) is 0 Å². The number of hydrogen-bond acceptors (Lipinski definition) is 7. The number of hydrogen-bond donors (Lipinski definition) is 1. The standard InChI is InChI=1S/C42H32N4O6/c1-51-41(48)38-26-25-37(52-38)29-17-21-34(22-18-29)45(40(47)30-19-23-35(24-20-30)46(49)50)39(36-27-43-28-44-36)42(31-11-5-2-6-12-31,32-13-7-3-8-14-32)33-15-9-4-10-16-33/h2-28,39H,1H3,(H,43,44). The zero-order valence-electron chi connectivity index (χ0n) is 28.0. The second kappa shape index (κ2) is 14.4. The van der Waals surface area contributed by atoms with Gasteiger partial charge in [-0.25, -0.2) is 9.78 Å². The molecule has 52 heavy (non-hydrogen) atoms. The maximum Gasteiger partial charge on any atom is 0.373 e. The van der Waals surface area contributed by atoms with Gasteiger partial charge in [0.25, 0.3) is 11.6 Å². The fourth-order valence-corrected chi connectivity index (χ4v) is 6.80. The molecule has 0 aliphatic rings. The number of imidazole rings is 1. The van der Waals surface area contributed by atoms with Crippen molar-refractivity contribution in [1.29, 1.82) is 0 Å². The summed E-state index contributed by atoms with van der Waals surface area (Å²) in [5.41, 5.74) is 3.65. The number of furan rings is 1. The number of aromatic amines is 1. The van der Waals surface area contributed by atoms with E-state index in [1.165, 1.54) is 31.4 Å². The molecular formula is C42H32N4O6. The molecule has 7 aromatic rings. The highest BCUT2D eigenvalue weighted by Gasteiger charge is 2.50. The van der Waals surface area contributed by atoms with E-state index in [9.17, 15) is 14.9 Å². The monoisotopic (exact) mass is 688 g/mol. The summed E-state index contributed by atoms with van der Waals surface area (Å²) in [6.07, 6.45) is 3.30. The number of anilines is 1. The molecule has 1 atom stereocenters. The number of methoxy groups -OCH3 is 1. The first kappa shape index (κ1) is 33.4. The predicted octanol–water partition coefficient (Wildman–Crippen LogP) is 8.79. The van der Waals surface area contributed by atoms with Gasteiger partial charge in [-0.2, -0.15) is 0 Å². The molecule has 0 radical (unpaired) electrons. The number of aromatic nitrogens is 2. The molecule has 5 aromatic carbocycles. The van der Waals surface area contributed by atoms with Gasteiger partial charge in [0, 0.05) is 28.9 Å². The smallest absolute Gasteiger partial charge is 0.373 e. The molecule has 1 N–H and O–H groups in total. The Hall–Kier alpha value is -7.07. The number of rotatable bonds is 11. The maximum absolute atomic E-state index is 15.2. The molecule has 0 aliphatic heterocycles. The summed E-state index contributed by atoms with van der Waals surface area (Å²) in [7, 11) is 1.28. The summed E-state index contributed by atoms with van der Waals surface area (Å²) < 4.78 is 10.6. The molecule has 10 nitrogen and oxygen atoms in total. The summed E-state index contributed by atoms with van der Waals surface area (Å²) in [6.45, 7) is 0. The summed E-state index contributed by atoms with van der Waals surface area (Å²) >= 11 is 0. The molecule has 0 saturated heterocycles. The molecule has 1 unspecified atom stereocenters. The van der Waals surface area contributed by atoms with Crippen molar-refractivity contribution >= 4 is 23.3 Å². The van der Waals surface area contributed by atoms with Crippen LogP contribution in [0.5, 0.6) is 0 Å². The number of nitrogens with one attached hydrogen (secondary N) is 1. The molecule has 1 amide bonds. The van der Waals surface area contributed by atoms with Gasteiger partial charge in [-0.05, 0) is 65.2 Å². The molecule has 7 rings (SSSR count). The minimum absolute atomic E-state index is 0.0641. The maximum atomic E-state index is 15.2. The Balaban J connectivity index is 1.51. The molecule has 10 heteroatoms. The van der Waals surface area contributed by atoms with E-state index in [-0.39, 0.29) is 17.0 Å². The number of non-ortho nitro benzene ring substituents is 1. The van der Waals surface area contributed by atoms with Crippen molar-refractivity contribution in [1.82, 2.24) is 9.97 Å². The van der Waals surface area contributed by atoms with Crippen molar-refractivity contribution in [3.05, 3.63) is 208 Å². The van der Waals surface area contributed by atoms with Crippen LogP contribution in [0.2, 0.25) is 0 Å². The van der Waals surface area contributed by atoms with Crippen LogP contribution in [0.15, 0.2) is 169 Å². The third-order valence-electron chi connectivity index (χ3n) is 9.14. The number of amides is 1. The van der Waals surface area contributed by atoms with E-state index in [2.05, 4.69) is 46.4 Å². The van der Waals surface area contributed by atoms with Gasteiger partial charge in [0.1, 0.15) is 5.76 Å². The number of nitro benzene ring substituents is 1. The van der Waals surface area contributed by atoms with Gasteiger partial charge in [-0.1, -0.05) is 91.0 Å². The van der Waals surface area contributed by atoms with Crippen LogP contribution in [-0.4, -0.2) is 33.9 Å². The highest BCUT2D eigenvalue weighted by atomic mass is 16.6. The summed E-state index contributed by atoms with van der Waals surface area (Å²) in [5, 5.41) is 11.6. The normalized spacial score (nSPS) is 11.8. The number of carbonyl (C=O) groups is 2. The second-order valence-corrected chi connectivity index (χ2v) is 12.0. The molecular weight excluding hydrogens is 656 g/mol. The Kier molecular flexibility index (Phi) is 9.27. The third-order valence-corrected chi connectivity index (χ3v) is 9.14. The number of ether oxygens (including phenoxy) is 1. The van der Waals surface area contributed by atoms with Crippen LogP contribution in [0.3, 0.4) is 0 Å². The van der Waals surface area contributed by atoms with Crippen molar-refractivity contribution in [2.45, 2.75) is 11.5 Å². The zero-order chi connectivity index (χ0) is 36.1. The number of carbonyl (C=O) groups excluding carboxylic acids is 2. The van der Waals surface area contributed by atoms with Crippen LogP contribution >= 0.6 is 0 Å². The Labute approximate surface area is 299 Å². The van der Waals surface area contributed by atoms with Gasteiger partial charge in [0.15, 0.2) is 0 Å². The molecule has 0 bridgehead atoms. The van der Waals surface area contributed by atoms with E-state index < -0.39 is 28.3 Å². The van der Waals surface area contributed by atoms with Gasteiger partial charge in [-0.3, -0.25) is 19.8 Å². The van der Waals surface area contributed by atoms with Crippen LogP contribution in [0.1, 0.15) is 49.3 Å². The fourth-order valence-electron chi connectivity index (χ4n) is 6.80. The van der Waals surface area contributed by atoms with Crippen LogP contribution in [0.4, 0.5) is 11.4 Å². The third kappa shape index (κ3) is 6.13. The quantitative estimate of drug-likeness (QED) is 0.0622. The molecule has 2 aromatic heterocycles. The lowest BCUT2D eigenvalue weighted by Crippen LogP contribution is -2.49. The van der Waals surface area contributed by atoms with E-state index in [1.54, 1.807) is 29.6 Å². The van der Waals surface area contributed by atoms with E-state index in [0.29, 0.717) is 22.7 Å². The number of nitro groups is 1. The molecule has 0 saturated carbocycles. The Bertz CT molecular complexity index is 2190. The Morgan fingerprint density at radius 1 is 0.769 bits per heavy atom. The number of nitrogens with zero attached hydrogens (tertiary/aromatic N) is 3. The lowest BCUT2D eigenvalue weighted by molar-refractivity contribution is -0.384. The molecule has 256 valence electrons. The highest BCUT2D eigenvalue weighted by Crippen LogP contribution is 2.52. The van der Waals surface area contributed by atoms with Gasteiger partial charge >= 0.3 is 5.97 Å². The summed E-state index contributed by atoms with van der Waals surface area (Å²) in [4.78, 5) is 47.9. The van der Waals surface area contributed by atoms with E-state index in [4.69, 9.17) is 9.15 Å². The Morgan fingerprint density at radius 2 is 1.33 bits per heavy atom. The van der Waals surface area contributed by atoms with E-state index >= 15 is 4.79 Å². The molecule has 0 spiro atoms. The SMILES string of the molecule is COC(=O)c1ccc(-c2ccc(N(C(=O)c3ccc([N+](=O)[O-])cc3)C(c3cnc[nH]3)C(c3ccccc3)(c3ccccc3)c3ccccc3)cc2)o1. The lowest BCUT2D eigenvalue weighted by Gasteiger charge is -2.47. The van der Waals surface area contributed by atoms with E-state index in [0.717, 1.165) is 16.7 Å². The van der Waals surface area contributed by atoms with Crippen LogP contribution in [0.25, 0.3) is 11.3 Å². The Morgan fingerprint density at radius 3 is 1.81 bits per heavy atom. The van der Waals surface area contributed by atoms with Crippen LogP contribution < -0.4 is 4.90 Å². The highest BCUT2D eigenvalue weighted by molar-refractivity contribution is 6.07. The molecule has 0 fully saturated rings. The average Bonchev–Trinajstić information content (AvgIpc) is 3.93. The van der Waals surface area contributed by atoms with Crippen molar-refractivity contribution in [2.75, 3.05) is 12.0 Å². The van der Waals surface area contributed by atoms with Gasteiger partial charge in [0.2, 0.25) is 5.76 Å². The summed E-state index contributed by atoms with van der Waals surface area (Å²) in [6, 6.07) is 45.3. The van der Waals surface area contributed by atoms with Crippen LogP contribution in [-0.2, 0) is 10.2 Å². The zero-order valence-corrected chi connectivity index (χ0v) is 28.0. The average molecular weight is 689 g/mol. The van der Waals surface area contributed by atoms with Gasteiger partial charge in [0.05, 0.1) is 41.7 Å². The first-order chi connectivity index (χ1) is 25.4. The first-order valence-electron chi connectivity index (χ1n) is 16.4. The summed E-state index contributed by atoms with van der Waals surface area (Å²) in [5.74, 6) is -0.489. The number of esters is 1. The first-order valence-corrected chi connectivity index (χ1v) is 16.4. The number of benzene rings is 5. The lowest BCUT2D eigenvalue weighted by atomic mass is 9.63. The molecule has 2 heterocycles. The van der Waals surface area contributed by atoms with Gasteiger partial charge < -0.3 is 14.1 Å². The van der Waals surface area contributed by atoms with Crippen LogP contribution in [0, 0.1) is 10.1 Å². The second-order valence-electron chi connectivity index (χ2n) is 12.0. The van der Waals surface area contributed by atoms with Crippen molar-refractivity contribution in [3.8, 4) is 11.3 Å². The van der Waals surface area contributed by atoms with Gasteiger partial charge in [-0.15, -0.1) is 0 Å². The predicted molar refractivity (Wildman–Crippen MR) is 196 cm³/mol. The van der Waals surface area contributed by atoms with E-state index in [1.807, 2.05) is 78.9 Å². The van der Waals surface area contributed by atoms with Crippen molar-refractivity contribution in [2.24, 2.45) is 0 Å².